The van der Waals surface area contributed by atoms with Crippen LogP contribution < -0.4 is 4.74 Å². The first-order valence-corrected chi connectivity index (χ1v) is 6.15. The van der Waals surface area contributed by atoms with Crippen LogP contribution in [0, 0.1) is 5.92 Å². The molecular formula is C13H11F3N2O2. The molecule has 1 atom stereocenters. The van der Waals surface area contributed by atoms with Crippen molar-refractivity contribution >= 4 is 16.7 Å². The highest BCUT2D eigenvalue weighted by molar-refractivity contribution is 6.05. The molecule has 20 heavy (non-hydrogen) atoms. The largest absolute Gasteiger partial charge is 0.492 e. The van der Waals surface area contributed by atoms with Crippen molar-refractivity contribution in [3.63, 3.8) is 0 Å². The summed E-state index contributed by atoms with van der Waals surface area (Å²) in [5, 5.41) is 7.19. The Morgan fingerprint density at radius 1 is 1.40 bits per heavy atom. The first-order valence-electron chi connectivity index (χ1n) is 6.15. The normalized spacial score (nSPS) is 19.6. The van der Waals surface area contributed by atoms with E-state index in [-0.39, 0.29) is 18.6 Å². The number of fused-ring (bicyclic) bond motifs is 3. The average Bonchev–Trinajstić information content (AvgIpc) is 2.78. The van der Waals surface area contributed by atoms with E-state index in [2.05, 4.69) is 10.2 Å². The molecule has 3 rings (SSSR count). The van der Waals surface area contributed by atoms with Crippen LogP contribution >= 0.6 is 0 Å². The summed E-state index contributed by atoms with van der Waals surface area (Å²) < 4.78 is 43.0. The number of ether oxygens (including phenoxy) is 1. The van der Waals surface area contributed by atoms with E-state index in [0.29, 0.717) is 16.7 Å². The fourth-order valence-electron chi connectivity index (χ4n) is 2.47. The molecular weight excluding hydrogens is 273 g/mol. The number of aromatic amines is 1. The second-order valence-corrected chi connectivity index (χ2v) is 4.79. The van der Waals surface area contributed by atoms with Crippen LogP contribution in [0.15, 0.2) is 18.3 Å². The minimum atomic E-state index is -4.36. The molecule has 106 valence electrons. The third-order valence-corrected chi connectivity index (χ3v) is 3.40. The van der Waals surface area contributed by atoms with Crippen LogP contribution in [0.25, 0.3) is 10.9 Å². The maximum Gasteiger partial charge on any atom is 0.389 e. The highest BCUT2D eigenvalue weighted by Gasteiger charge is 2.37. The van der Waals surface area contributed by atoms with Gasteiger partial charge in [0.2, 0.25) is 0 Å². The van der Waals surface area contributed by atoms with Gasteiger partial charge in [0.05, 0.1) is 35.7 Å². The highest BCUT2D eigenvalue weighted by atomic mass is 19.4. The summed E-state index contributed by atoms with van der Waals surface area (Å²) in [5.41, 5.74) is 0.886. The first-order chi connectivity index (χ1) is 9.46. The number of H-pyrrole nitrogens is 1. The van der Waals surface area contributed by atoms with Crippen molar-refractivity contribution in [1.29, 1.82) is 0 Å². The fraction of sp³-hybridized carbons (Fsp3) is 0.385. The van der Waals surface area contributed by atoms with E-state index < -0.39 is 24.3 Å². The number of alkyl halides is 3. The third-order valence-electron chi connectivity index (χ3n) is 3.40. The summed E-state index contributed by atoms with van der Waals surface area (Å²) in [6, 6.07) is 3.12. The maximum atomic E-state index is 12.5. The predicted octanol–water partition coefficient (Wildman–Crippen LogP) is 3.10. The van der Waals surface area contributed by atoms with Crippen LogP contribution in [-0.2, 0) is 0 Å². The van der Waals surface area contributed by atoms with E-state index in [1.54, 1.807) is 6.07 Å². The number of nitrogens with one attached hydrogen (secondary N) is 1. The lowest BCUT2D eigenvalue weighted by Crippen LogP contribution is -2.22. The average molecular weight is 284 g/mol. The Balaban J connectivity index is 2.03. The molecule has 0 radical (unpaired) electrons. The van der Waals surface area contributed by atoms with Gasteiger partial charge in [-0.25, -0.2) is 0 Å². The molecule has 2 aromatic rings. The standard InChI is InChI=1S/C13H11F3N2O2/c14-13(15,16)5-7-3-4-20-12-8(11(7)19)1-2-10-9(12)6-17-18-10/h1-2,6-7H,3-5H2,(H,17,18). The number of nitrogens with zero attached hydrogens (tertiary/aromatic N) is 1. The van der Waals surface area contributed by atoms with E-state index in [0.717, 1.165) is 0 Å². The lowest BCUT2D eigenvalue weighted by molar-refractivity contribution is -0.141. The molecule has 0 saturated heterocycles. The van der Waals surface area contributed by atoms with Gasteiger partial charge in [0.15, 0.2) is 5.78 Å². The molecule has 1 aromatic carbocycles. The number of halogens is 3. The van der Waals surface area contributed by atoms with Crippen molar-refractivity contribution in [2.24, 2.45) is 5.92 Å². The Bertz CT molecular complexity index is 663. The lowest BCUT2D eigenvalue weighted by Gasteiger charge is -2.14. The zero-order valence-electron chi connectivity index (χ0n) is 10.3. The number of ketones is 1. The Morgan fingerprint density at radius 3 is 2.95 bits per heavy atom. The predicted molar refractivity (Wildman–Crippen MR) is 64.7 cm³/mol. The first kappa shape index (κ1) is 13.0. The SMILES string of the molecule is O=C1c2ccc3[nH]ncc3c2OCCC1CC(F)(F)F. The van der Waals surface area contributed by atoms with Crippen LogP contribution in [-0.4, -0.2) is 28.8 Å². The molecule has 0 fully saturated rings. The molecule has 1 aromatic heterocycles. The van der Waals surface area contributed by atoms with Gasteiger partial charge >= 0.3 is 6.18 Å². The van der Waals surface area contributed by atoms with E-state index in [1.807, 2.05) is 0 Å². The Hall–Kier alpha value is -2.05. The Labute approximate surface area is 111 Å². The number of rotatable bonds is 1. The molecule has 0 spiro atoms. The molecule has 0 bridgehead atoms. The number of hydrogen-bond acceptors (Lipinski definition) is 3. The minimum absolute atomic E-state index is 0.0619. The zero-order valence-corrected chi connectivity index (χ0v) is 10.3. The molecule has 7 heteroatoms. The summed E-state index contributed by atoms with van der Waals surface area (Å²) in [7, 11) is 0. The van der Waals surface area contributed by atoms with Gasteiger partial charge in [0.1, 0.15) is 5.75 Å². The van der Waals surface area contributed by atoms with Crippen LogP contribution in [0.5, 0.6) is 5.75 Å². The van der Waals surface area contributed by atoms with Crippen molar-refractivity contribution < 1.29 is 22.7 Å². The van der Waals surface area contributed by atoms with Gasteiger partial charge in [0.25, 0.3) is 0 Å². The fourth-order valence-corrected chi connectivity index (χ4v) is 2.47. The Kier molecular flexibility index (Phi) is 2.92. The summed E-state index contributed by atoms with van der Waals surface area (Å²) in [6.07, 6.45) is -3.90. The summed E-state index contributed by atoms with van der Waals surface area (Å²) in [4.78, 5) is 12.3. The van der Waals surface area contributed by atoms with Crippen LogP contribution in [0.3, 0.4) is 0 Å². The van der Waals surface area contributed by atoms with Crippen LogP contribution in [0.4, 0.5) is 13.2 Å². The molecule has 1 N–H and O–H groups in total. The summed E-state index contributed by atoms with van der Waals surface area (Å²) in [6.45, 7) is 0.0871. The number of carbonyl (C=O) groups is 1. The van der Waals surface area contributed by atoms with Crippen molar-refractivity contribution in [1.82, 2.24) is 10.2 Å². The van der Waals surface area contributed by atoms with Crippen molar-refractivity contribution in [2.75, 3.05) is 6.61 Å². The second kappa shape index (κ2) is 4.50. The maximum absolute atomic E-state index is 12.5. The van der Waals surface area contributed by atoms with Gasteiger partial charge < -0.3 is 4.74 Å². The topological polar surface area (TPSA) is 55.0 Å². The molecule has 0 saturated carbocycles. The van der Waals surface area contributed by atoms with Gasteiger partial charge in [0, 0.05) is 5.92 Å². The van der Waals surface area contributed by atoms with Crippen molar-refractivity contribution in [3.05, 3.63) is 23.9 Å². The Morgan fingerprint density at radius 2 is 2.20 bits per heavy atom. The van der Waals surface area contributed by atoms with E-state index in [1.165, 1.54) is 12.3 Å². The number of benzene rings is 1. The quantitative estimate of drug-likeness (QED) is 0.875. The van der Waals surface area contributed by atoms with Crippen molar-refractivity contribution in [2.45, 2.75) is 19.0 Å². The zero-order chi connectivity index (χ0) is 14.3. The van der Waals surface area contributed by atoms with Gasteiger partial charge in [-0.1, -0.05) is 0 Å². The molecule has 4 nitrogen and oxygen atoms in total. The lowest BCUT2D eigenvalue weighted by atomic mass is 9.91. The number of hydrogen-bond donors (Lipinski definition) is 1. The van der Waals surface area contributed by atoms with Gasteiger partial charge in [-0.3, -0.25) is 9.89 Å². The molecule has 1 aliphatic heterocycles. The van der Waals surface area contributed by atoms with Gasteiger partial charge in [-0.15, -0.1) is 0 Å². The second-order valence-electron chi connectivity index (χ2n) is 4.79. The summed E-state index contributed by atoms with van der Waals surface area (Å²) in [5.74, 6) is -1.27. The van der Waals surface area contributed by atoms with Crippen LogP contribution in [0.2, 0.25) is 0 Å². The molecule has 2 heterocycles. The van der Waals surface area contributed by atoms with E-state index in [4.69, 9.17) is 4.74 Å². The number of Topliss-reactive ketones (excluding diaryl/α,β-unsaturated/α-hetero) is 1. The molecule has 1 aliphatic rings. The summed E-state index contributed by atoms with van der Waals surface area (Å²) >= 11 is 0. The molecule has 0 aliphatic carbocycles. The molecule has 0 amide bonds. The molecule has 1 unspecified atom stereocenters. The minimum Gasteiger partial charge on any atom is -0.492 e. The van der Waals surface area contributed by atoms with Gasteiger partial charge in [-0.05, 0) is 18.6 Å². The highest BCUT2D eigenvalue weighted by Crippen LogP contribution is 2.36. The smallest absolute Gasteiger partial charge is 0.389 e. The van der Waals surface area contributed by atoms with E-state index in [9.17, 15) is 18.0 Å². The number of aromatic nitrogens is 2. The van der Waals surface area contributed by atoms with Crippen molar-refractivity contribution in [3.8, 4) is 5.75 Å². The van der Waals surface area contributed by atoms with Crippen LogP contribution in [0.1, 0.15) is 23.2 Å². The van der Waals surface area contributed by atoms with E-state index >= 15 is 0 Å². The van der Waals surface area contributed by atoms with Gasteiger partial charge in [-0.2, -0.15) is 18.3 Å². The third kappa shape index (κ3) is 2.23. The monoisotopic (exact) mass is 284 g/mol. The number of carbonyl (C=O) groups excluding carboxylic acids is 1.